The molecular weight excluding hydrogens is 202 g/mol. The SMILES string of the molecule is CC(C)c1cc(OC(N)=O)cc(C(C)C)c1. The van der Waals surface area contributed by atoms with Gasteiger partial charge in [0.25, 0.3) is 0 Å². The van der Waals surface area contributed by atoms with E-state index in [1.54, 1.807) is 0 Å². The molecule has 2 N–H and O–H groups in total. The van der Waals surface area contributed by atoms with Crippen LogP contribution in [0.1, 0.15) is 50.7 Å². The Kier molecular flexibility index (Phi) is 3.93. The number of primary amides is 1. The van der Waals surface area contributed by atoms with Crippen molar-refractivity contribution >= 4 is 6.09 Å². The summed E-state index contributed by atoms with van der Waals surface area (Å²) >= 11 is 0. The van der Waals surface area contributed by atoms with E-state index in [9.17, 15) is 4.79 Å². The third-order valence-electron chi connectivity index (χ3n) is 2.50. The lowest BCUT2D eigenvalue weighted by Crippen LogP contribution is -2.16. The van der Waals surface area contributed by atoms with E-state index in [1.807, 2.05) is 12.1 Å². The maximum atomic E-state index is 10.7. The molecule has 0 atom stereocenters. The maximum Gasteiger partial charge on any atom is 0.409 e. The summed E-state index contributed by atoms with van der Waals surface area (Å²) in [5.74, 6) is 1.32. The maximum absolute atomic E-state index is 10.7. The molecule has 0 radical (unpaired) electrons. The van der Waals surface area contributed by atoms with Gasteiger partial charge in [0.15, 0.2) is 0 Å². The minimum Gasteiger partial charge on any atom is -0.410 e. The topological polar surface area (TPSA) is 52.3 Å². The van der Waals surface area contributed by atoms with Crippen LogP contribution in [0.15, 0.2) is 18.2 Å². The second kappa shape index (κ2) is 5.01. The summed E-state index contributed by atoms with van der Waals surface area (Å²) in [4.78, 5) is 10.7. The average molecular weight is 221 g/mol. The lowest BCUT2D eigenvalue weighted by molar-refractivity contribution is 0.211. The molecule has 0 saturated heterocycles. The van der Waals surface area contributed by atoms with E-state index in [2.05, 4.69) is 33.8 Å². The molecular formula is C13H19NO2. The molecule has 3 heteroatoms. The largest absolute Gasteiger partial charge is 0.410 e. The third kappa shape index (κ3) is 3.26. The number of hydrogen-bond acceptors (Lipinski definition) is 2. The minimum atomic E-state index is -0.768. The van der Waals surface area contributed by atoms with Gasteiger partial charge in [-0.25, -0.2) is 4.79 Å². The Labute approximate surface area is 96.6 Å². The molecule has 88 valence electrons. The molecule has 0 unspecified atom stereocenters. The number of carbonyl (C=O) groups excluding carboxylic acids is 1. The Morgan fingerprint density at radius 2 is 1.50 bits per heavy atom. The van der Waals surface area contributed by atoms with Crippen molar-refractivity contribution in [2.75, 3.05) is 0 Å². The predicted molar refractivity (Wildman–Crippen MR) is 64.8 cm³/mol. The highest BCUT2D eigenvalue weighted by atomic mass is 16.5. The van der Waals surface area contributed by atoms with Crippen molar-refractivity contribution in [2.45, 2.75) is 39.5 Å². The minimum absolute atomic E-state index is 0.397. The van der Waals surface area contributed by atoms with E-state index in [0.29, 0.717) is 17.6 Å². The van der Waals surface area contributed by atoms with Gasteiger partial charge in [0.05, 0.1) is 0 Å². The molecule has 3 nitrogen and oxygen atoms in total. The molecule has 1 amide bonds. The molecule has 0 aliphatic carbocycles. The quantitative estimate of drug-likeness (QED) is 0.850. The number of benzene rings is 1. The molecule has 0 saturated carbocycles. The van der Waals surface area contributed by atoms with Crippen molar-refractivity contribution in [3.05, 3.63) is 29.3 Å². The van der Waals surface area contributed by atoms with E-state index in [0.717, 1.165) is 11.1 Å². The highest BCUT2D eigenvalue weighted by Crippen LogP contribution is 2.27. The van der Waals surface area contributed by atoms with Crippen LogP contribution >= 0.6 is 0 Å². The van der Waals surface area contributed by atoms with Gasteiger partial charge >= 0.3 is 6.09 Å². The van der Waals surface area contributed by atoms with Crippen molar-refractivity contribution in [2.24, 2.45) is 5.73 Å². The molecule has 16 heavy (non-hydrogen) atoms. The van der Waals surface area contributed by atoms with Gasteiger partial charge in [-0.2, -0.15) is 0 Å². The Bertz CT molecular complexity index is 357. The number of carbonyl (C=O) groups is 1. The summed E-state index contributed by atoms with van der Waals surface area (Å²) in [5.41, 5.74) is 7.33. The van der Waals surface area contributed by atoms with Crippen molar-refractivity contribution in [1.29, 1.82) is 0 Å². The summed E-state index contributed by atoms with van der Waals surface area (Å²) in [6.07, 6.45) is -0.768. The van der Waals surface area contributed by atoms with Crippen LogP contribution < -0.4 is 10.5 Å². The van der Waals surface area contributed by atoms with E-state index >= 15 is 0 Å². The summed E-state index contributed by atoms with van der Waals surface area (Å²) in [6, 6.07) is 5.87. The Balaban J connectivity index is 3.13. The average Bonchev–Trinajstić information content (AvgIpc) is 2.15. The summed E-state index contributed by atoms with van der Waals surface area (Å²) in [5, 5.41) is 0. The van der Waals surface area contributed by atoms with Crippen molar-refractivity contribution in [3.63, 3.8) is 0 Å². The number of nitrogens with two attached hydrogens (primary N) is 1. The first kappa shape index (κ1) is 12.6. The fourth-order valence-corrected chi connectivity index (χ4v) is 1.49. The molecule has 0 heterocycles. The van der Waals surface area contributed by atoms with E-state index < -0.39 is 6.09 Å². The zero-order valence-corrected chi connectivity index (χ0v) is 10.3. The molecule has 1 aromatic carbocycles. The Morgan fingerprint density at radius 3 is 1.81 bits per heavy atom. The van der Waals surface area contributed by atoms with Gasteiger partial charge in [0, 0.05) is 0 Å². The van der Waals surface area contributed by atoms with Crippen molar-refractivity contribution < 1.29 is 9.53 Å². The van der Waals surface area contributed by atoms with Crippen LogP contribution in [-0.2, 0) is 0 Å². The van der Waals surface area contributed by atoms with Crippen molar-refractivity contribution in [1.82, 2.24) is 0 Å². The molecule has 0 aliphatic rings. The lowest BCUT2D eigenvalue weighted by atomic mass is 9.95. The highest BCUT2D eigenvalue weighted by Gasteiger charge is 2.09. The first-order chi connectivity index (χ1) is 7.40. The molecule has 0 spiro atoms. The van der Waals surface area contributed by atoms with Gasteiger partial charge in [0.1, 0.15) is 5.75 Å². The summed E-state index contributed by atoms with van der Waals surface area (Å²) in [6.45, 7) is 8.42. The first-order valence-corrected chi connectivity index (χ1v) is 5.52. The van der Waals surface area contributed by atoms with E-state index in [-0.39, 0.29) is 0 Å². The van der Waals surface area contributed by atoms with Gasteiger partial charge in [-0.1, -0.05) is 33.8 Å². The fraction of sp³-hybridized carbons (Fsp3) is 0.462. The van der Waals surface area contributed by atoms with E-state index in [4.69, 9.17) is 10.5 Å². The zero-order chi connectivity index (χ0) is 12.3. The fourth-order valence-electron chi connectivity index (χ4n) is 1.49. The van der Waals surface area contributed by atoms with Crippen LogP contribution in [-0.4, -0.2) is 6.09 Å². The first-order valence-electron chi connectivity index (χ1n) is 5.52. The third-order valence-corrected chi connectivity index (χ3v) is 2.50. The zero-order valence-electron chi connectivity index (χ0n) is 10.3. The molecule has 0 aliphatic heterocycles. The van der Waals surface area contributed by atoms with Crippen molar-refractivity contribution in [3.8, 4) is 5.75 Å². The molecule has 0 bridgehead atoms. The Morgan fingerprint density at radius 1 is 1.06 bits per heavy atom. The second-order valence-corrected chi connectivity index (χ2v) is 4.57. The monoisotopic (exact) mass is 221 g/mol. The van der Waals surface area contributed by atoms with Crippen LogP contribution in [0.25, 0.3) is 0 Å². The number of rotatable bonds is 3. The summed E-state index contributed by atoms with van der Waals surface area (Å²) < 4.78 is 4.93. The number of hydrogen-bond donors (Lipinski definition) is 1. The van der Waals surface area contributed by atoms with Gasteiger partial charge in [0.2, 0.25) is 0 Å². The number of amides is 1. The van der Waals surface area contributed by atoms with Gasteiger partial charge in [-0.3, -0.25) is 0 Å². The van der Waals surface area contributed by atoms with Crippen LogP contribution in [0.2, 0.25) is 0 Å². The van der Waals surface area contributed by atoms with E-state index in [1.165, 1.54) is 0 Å². The normalized spacial score (nSPS) is 10.9. The predicted octanol–water partition coefficient (Wildman–Crippen LogP) is 3.39. The van der Waals surface area contributed by atoms with Gasteiger partial charge < -0.3 is 10.5 Å². The number of ether oxygens (including phenoxy) is 1. The van der Waals surface area contributed by atoms with Crippen LogP contribution in [0.4, 0.5) is 4.79 Å². The molecule has 1 rings (SSSR count). The molecule has 0 aromatic heterocycles. The van der Waals surface area contributed by atoms with Gasteiger partial charge in [-0.05, 0) is 35.1 Å². The highest BCUT2D eigenvalue weighted by molar-refractivity contribution is 5.68. The van der Waals surface area contributed by atoms with Crippen LogP contribution in [0.5, 0.6) is 5.75 Å². The second-order valence-electron chi connectivity index (χ2n) is 4.57. The van der Waals surface area contributed by atoms with Gasteiger partial charge in [-0.15, -0.1) is 0 Å². The lowest BCUT2D eigenvalue weighted by Gasteiger charge is -2.13. The standard InChI is InChI=1S/C13H19NO2/c1-8(2)10-5-11(9(3)4)7-12(6-10)16-13(14)15/h5-9H,1-4H3,(H2,14,15). The van der Waals surface area contributed by atoms with Crippen LogP contribution in [0.3, 0.4) is 0 Å². The smallest absolute Gasteiger partial charge is 0.409 e. The van der Waals surface area contributed by atoms with Crippen LogP contribution in [0, 0.1) is 0 Å². The Hall–Kier alpha value is -1.51. The molecule has 0 fully saturated rings. The molecule has 1 aromatic rings. The summed E-state index contributed by atoms with van der Waals surface area (Å²) in [7, 11) is 0.